The fourth-order valence-corrected chi connectivity index (χ4v) is 2.67. The number of nitrogens with one attached hydrogen (secondary N) is 2. The van der Waals surface area contributed by atoms with Crippen molar-refractivity contribution in [2.24, 2.45) is 0 Å². The van der Waals surface area contributed by atoms with Gasteiger partial charge >= 0.3 is 6.18 Å². The van der Waals surface area contributed by atoms with Gasteiger partial charge in [-0.2, -0.15) is 13.2 Å². The van der Waals surface area contributed by atoms with Crippen LogP contribution in [0.25, 0.3) is 0 Å². The minimum absolute atomic E-state index is 0.156. The van der Waals surface area contributed by atoms with Gasteiger partial charge in [0, 0.05) is 5.69 Å². The number of halogens is 7. The van der Waals surface area contributed by atoms with Gasteiger partial charge in [0.25, 0.3) is 0 Å². The number of likely N-dealkylation sites (N-methyl/N-ethyl adjacent to an activating group) is 1. The molecule has 0 saturated carbocycles. The van der Waals surface area contributed by atoms with Crippen LogP contribution in [-0.4, -0.2) is 36.3 Å². The van der Waals surface area contributed by atoms with Crippen molar-refractivity contribution >= 4 is 34.8 Å². The molecule has 0 saturated heterocycles. The number of anilines is 2. The predicted octanol–water partition coefficient (Wildman–Crippen LogP) is 4.67. The first-order valence-electron chi connectivity index (χ1n) is 8.62. The van der Waals surface area contributed by atoms with Crippen molar-refractivity contribution in [1.29, 1.82) is 0 Å². The molecule has 0 heterocycles. The lowest BCUT2D eigenvalue weighted by Crippen LogP contribution is -2.43. The topological polar surface area (TPSA) is 61.4 Å². The van der Waals surface area contributed by atoms with Gasteiger partial charge in [0.15, 0.2) is 17.5 Å². The van der Waals surface area contributed by atoms with Crippen LogP contribution in [0.15, 0.2) is 30.3 Å². The summed E-state index contributed by atoms with van der Waals surface area (Å²) in [7, 11) is 1.36. The number of amides is 2. The van der Waals surface area contributed by atoms with Gasteiger partial charge in [-0.1, -0.05) is 11.6 Å². The number of hydrogen-bond acceptors (Lipinski definition) is 3. The molecule has 0 bridgehead atoms. The fourth-order valence-electron chi connectivity index (χ4n) is 2.44. The molecule has 0 aromatic heterocycles. The van der Waals surface area contributed by atoms with E-state index in [4.69, 9.17) is 11.6 Å². The lowest BCUT2D eigenvalue weighted by atomic mass is 10.2. The van der Waals surface area contributed by atoms with Gasteiger partial charge in [-0.15, -0.1) is 0 Å². The highest BCUT2D eigenvalue weighted by Crippen LogP contribution is 2.36. The third-order valence-electron chi connectivity index (χ3n) is 4.28. The average Bonchev–Trinajstić information content (AvgIpc) is 2.68. The van der Waals surface area contributed by atoms with Crippen LogP contribution >= 0.6 is 11.6 Å². The number of benzene rings is 2. The van der Waals surface area contributed by atoms with Gasteiger partial charge < -0.3 is 10.6 Å². The van der Waals surface area contributed by atoms with Crippen LogP contribution in [0.2, 0.25) is 5.02 Å². The van der Waals surface area contributed by atoms with Gasteiger partial charge in [-0.05, 0) is 44.3 Å². The summed E-state index contributed by atoms with van der Waals surface area (Å²) in [5.74, 6) is -6.32. The maximum Gasteiger partial charge on any atom is 0.417 e. The first kappa shape index (κ1) is 24.5. The van der Waals surface area contributed by atoms with Crippen molar-refractivity contribution in [1.82, 2.24) is 4.90 Å². The molecule has 1 unspecified atom stereocenters. The van der Waals surface area contributed by atoms with Crippen LogP contribution in [0.1, 0.15) is 12.5 Å². The Morgan fingerprint density at radius 2 is 1.71 bits per heavy atom. The standard InChI is InChI=1S/C19H16ClF6N3O2/c1-9(18(31)28-14-6-5-13(21)16(22)17(14)23)29(2)8-15(30)27-10-3-4-12(20)11(7-10)19(24,25)26/h3-7,9H,8H2,1-2H3,(H,27,30)(H,28,31). The molecule has 168 valence electrons. The second-order valence-corrected chi connectivity index (χ2v) is 6.95. The van der Waals surface area contributed by atoms with E-state index in [-0.39, 0.29) is 5.69 Å². The summed E-state index contributed by atoms with van der Waals surface area (Å²) < 4.78 is 78.6. The lowest BCUT2D eigenvalue weighted by molar-refractivity contribution is -0.137. The summed E-state index contributed by atoms with van der Waals surface area (Å²) in [4.78, 5) is 25.6. The molecule has 5 nitrogen and oxygen atoms in total. The number of carbonyl (C=O) groups excluding carboxylic acids is 2. The van der Waals surface area contributed by atoms with Crippen molar-refractivity contribution in [2.75, 3.05) is 24.2 Å². The molecule has 1 atom stereocenters. The number of alkyl halides is 3. The molecule has 0 aliphatic rings. The van der Waals surface area contributed by atoms with Crippen LogP contribution in [0.3, 0.4) is 0 Å². The molecule has 0 spiro atoms. The Bertz CT molecular complexity index is 999. The van der Waals surface area contributed by atoms with Gasteiger partial charge in [0.05, 0.1) is 28.9 Å². The molecule has 0 fully saturated rings. The normalized spacial score (nSPS) is 12.6. The number of rotatable bonds is 6. The molecule has 2 aromatic rings. The molecule has 2 N–H and O–H groups in total. The smallest absolute Gasteiger partial charge is 0.325 e. The van der Waals surface area contributed by atoms with E-state index in [1.165, 1.54) is 24.9 Å². The number of nitrogens with zero attached hydrogens (tertiary/aromatic N) is 1. The maximum absolute atomic E-state index is 13.7. The van der Waals surface area contributed by atoms with Crippen molar-refractivity contribution in [3.63, 3.8) is 0 Å². The monoisotopic (exact) mass is 467 g/mol. The van der Waals surface area contributed by atoms with E-state index in [0.717, 1.165) is 12.1 Å². The van der Waals surface area contributed by atoms with E-state index in [1.54, 1.807) is 0 Å². The quantitative estimate of drug-likeness (QED) is 0.479. The second-order valence-electron chi connectivity index (χ2n) is 6.54. The van der Waals surface area contributed by atoms with Gasteiger partial charge in [0.2, 0.25) is 11.8 Å². The minimum atomic E-state index is -4.71. The van der Waals surface area contributed by atoms with E-state index >= 15 is 0 Å². The molecule has 0 radical (unpaired) electrons. The molecular formula is C19H16ClF6N3O2. The van der Waals surface area contributed by atoms with E-state index in [0.29, 0.717) is 12.1 Å². The number of hydrogen-bond donors (Lipinski definition) is 2. The molecule has 12 heteroatoms. The van der Waals surface area contributed by atoms with Crippen LogP contribution in [0, 0.1) is 17.5 Å². The lowest BCUT2D eigenvalue weighted by Gasteiger charge is -2.23. The SMILES string of the molecule is CC(C(=O)Nc1ccc(F)c(F)c1F)N(C)CC(=O)Nc1ccc(Cl)c(C(F)(F)F)c1. The van der Waals surface area contributed by atoms with Crippen LogP contribution in [0.5, 0.6) is 0 Å². The second kappa shape index (κ2) is 9.56. The Morgan fingerprint density at radius 1 is 1.06 bits per heavy atom. The zero-order chi connectivity index (χ0) is 23.5. The van der Waals surface area contributed by atoms with Crippen molar-refractivity contribution < 1.29 is 35.9 Å². The summed E-state index contributed by atoms with van der Waals surface area (Å²) >= 11 is 5.52. The zero-order valence-electron chi connectivity index (χ0n) is 16.1. The molecule has 2 aromatic carbocycles. The molecule has 0 aliphatic carbocycles. The van der Waals surface area contributed by atoms with E-state index in [1.807, 2.05) is 0 Å². The third-order valence-corrected chi connectivity index (χ3v) is 4.61. The fraction of sp³-hybridized carbons (Fsp3) is 0.263. The highest BCUT2D eigenvalue weighted by atomic mass is 35.5. The highest BCUT2D eigenvalue weighted by Gasteiger charge is 2.33. The summed E-state index contributed by atoms with van der Waals surface area (Å²) in [6, 6.07) is 3.27. The summed E-state index contributed by atoms with van der Waals surface area (Å²) in [5, 5.41) is 3.80. The van der Waals surface area contributed by atoms with E-state index < -0.39 is 64.3 Å². The summed E-state index contributed by atoms with van der Waals surface area (Å²) in [5.41, 5.74) is -1.87. The maximum atomic E-state index is 13.7. The molecule has 31 heavy (non-hydrogen) atoms. The largest absolute Gasteiger partial charge is 0.417 e. The zero-order valence-corrected chi connectivity index (χ0v) is 16.8. The highest BCUT2D eigenvalue weighted by molar-refractivity contribution is 6.31. The molecule has 0 aliphatic heterocycles. The Balaban J connectivity index is 2.01. The Hall–Kier alpha value is -2.79. The van der Waals surface area contributed by atoms with Crippen molar-refractivity contribution in [3.8, 4) is 0 Å². The minimum Gasteiger partial charge on any atom is -0.325 e. The predicted molar refractivity (Wildman–Crippen MR) is 102 cm³/mol. The number of carbonyl (C=O) groups is 2. The summed E-state index contributed by atoms with van der Waals surface area (Å²) in [6.45, 7) is 0.934. The van der Waals surface area contributed by atoms with Crippen molar-refractivity contribution in [2.45, 2.75) is 19.1 Å². The van der Waals surface area contributed by atoms with E-state index in [2.05, 4.69) is 10.6 Å². The first-order valence-corrected chi connectivity index (χ1v) is 9.00. The van der Waals surface area contributed by atoms with Crippen LogP contribution < -0.4 is 10.6 Å². The van der Waals surface area contributed by atoms with Crippen molar-refractivity contribution in [3.05, 3.63) is 58.4 Å². The average molecular weight is 468 g/mol. The molecule has 2 rings (SSSR count). The Morgan fingerprint density at radius 3 is 2.32 bits per heavy atom. The first-order chi connectivity index (χ1) is 14.3. The van der Waals surface area contributed by atoms with Gasteiger partial charge in [-0.3, -0.25) is 14.5 Å². The Kier molecular flexibility index (Phi) is 7.55. The van der Waals surface area contributed by atoms with E-state index in [9.17, 15) is 35.9 Å². The summed E-state index contributed by atoms with van der Waals surface area (Å²) in [6.07, 6.45) is -4.71. The molecular weight excluding hydrogens is 452 g/mol. The molecule has 2 amide bonds. The Labute approximate surface area is 178 Å². The van der Waals surface area contributed by atoms with Gasteiger partial charge in [-0.25, -0.2) is 13.2 Å². The van der Waals surface area contributed by atoms with Crippen LogP contribution in [-0.2, 0) is 15.8 Å². The third kappa shape index (κ3) is 6.11. The van der Waals surface area contributed by atoms with Crippen LogP contribution in [0.4, 0.5) is 37.7 Å². The van der Waals surface area contributed by atoms with Gasteiger partial charge in [0.1, 0.15) is 0 Å².